The lowest BCUT2D eigenvalue weighted by Gasteiger charge is -2.11. The summed E-state index contributed by atoms with van der Waals surface area (Å²) in [6.07, 6.45) is 6.90. The smallest absolute Gasteiger partial charge is 0.200 e. The Labute approximate surface area is 108 Å². The van der Waals surface area contributed by atoms with Crippen molar-refractivity contribution >= 4 is 0 Å². The van der Waals surface area contributed by atoms with E-state index < -0.39 is 0 Å². The lowest BCUT2D eigenvalue weighted by atomic mass is 10.1. The second kappa shape index (κ2) is 7.46. The highest BCUT2D eigenvalue weighted by Gasteiger charge is 2.10. The topological polar surface area (TPSA) is 50.7 Å². The first-order valence-corrected chi connectivity index (χ1v) is 5.81. The number of hydrogen-bond donors (Lipinski definition) is 2. The number of rotatable bonds is 7. The Bertz CT molecular complexity index is 399. The normalized spacial score (nSPS) is 9.83. The van der Waals surface area contributed by atoms with Crippen LogP contribution in [0, 0.1) is 12.3 Å². The first kappa shape index (κ1) is 14.2. The fourth-order valence-corrected chi connectivity index (χ4v) is 1.60. The van der Waals surface area contributed by atoms with Crippen molar-refractivity contribution in [2.24, 2.45) is 0 Å². The summed E-state index contributed by atoms with van der Waals surface area (Å²) in [6.45, 7) is 1.53. The molecule has 0 radical (unpaired) electrons. The Hall–Kier alpha value is -1.86. The van der Waals surface area contributed by atoms with E-state index in [9.17, 15) is 5.11 Å². The monoisotopic (exact) mass is 249 g/mol. The first-order valence-electron chi connectivity index (χ1n) is 5.81. The van der Waals surface area contributed by atoms with Crippen molar-refractivity contribution in [2.45, 2.75) is 19.4 Å². The van der Waals surface area contributed by atoms with Crippen molar-refractivity contribution in [2.75, 3.05) is 20.8 Å². The summed E-state index contributed by atoms with van der Waals surface area (Å²) in [5, 5.41) is 13.0. The molecule has 0 saturated heterocycles. The van der Waals surface area contributed by atoms with Crippen LogP contribution in [0.1, 0.15) is 18.4 Å². The highest BCUT2D eigenvalue weighted by atomic mass is 16.5. The Kier molecular flexibility index (Phi) is 5.89. The van der Waals surface area contributed by atoms with Gasteiger partial charge < -0.3 is 19.9 Å². The third-order valence-electron chi connectivity index (χ3n) is 2.54. The van der Waals surface area contributed by atoms with Gasteiger partial charge >= 0.3 is 0 Å². The highest BCUT2D eigenvalue weighted by Crippen LogP contribution is 2.36. The second-order valence-corrected chi connectivity index (χ2v) is 3.83. The summed E-state index contributed by atoms with van der Waals surface area (Å²) in [4.78, 5) is 0. The van der Waals surface area contributed by atoms with Gasteiger partial charge in [0.15, 0.2) is 11.5 Å². The van der Waals surface area contributed by atoms with Crippen LogP contribution in [0.4, 0.5) is 0 Å². The van der Waals surface area contributed by atoms with Gasteiger partial charge in [0, 0.05) is 13.0 Å². The molecule has 0 saturated carbocycles. The van der Waals surface area contributed by atoms with E-state index in [4.69, 9.17) is 15.9 Å². The van der Waals surface area contributed by atoms with Gasteiger partial charge in [0.2, 0.25) is 5.75 Å². The van der Waals surface area contributed by atoms with Gasteiger partial charge in [-0.15, -0.1) is 12.3 Å². The van der Waals surface area contributed by atoms with E-state index in [1.165, 1.54) is 14.2 Å². The van der Waals surface area contributed by atoms with Crippen molar-refractivity contribution < 1.29 is 14.6 Å². The van der Waals surface area contributed by atoms with Crippen LogP contribution in [0.2, 0.25) is 0 Å². The standard InChI is InChI=1S/C14H19NO3/c1-4-5-6-7-15-10-11-8-12(17-2)14(16)13(9-11)18-3/h1,8-9,15-16H,5-7,10H2,2-3H3. The number of benzene rings is 1. The molecule has 18 heavy (non-hydrogen) atoms. The van der Waals surface area contributed by atoms with E-state index in [0.29, 0.717) is 18.0 Å². The van der Waals surface area contributed by atoms with Crippen LogP contribution in [0.25, 0.3) is 0 Å². The molecule has 1 aromatic rings. The zero-order chi connectivity index (χ0) is 13.4. The average Bonchev–Trinajstić information content (AvgIpc) is 2.40. The van der Waals surface area contributed by atoms with E-state index in [-0.39, 0.29) is 5.75 Å². The summed E-state index contributed by atoms with van der Waals surface area (Å²) >= 11 is 0. The van der Waals surface area contributed by atoms with Gasteiger partial charge in [-0.1, -0.05) is 0 Å². The maximum atomic E-state index is 9.76. The first-order chi connectivity index (χ1) is 8.72. The van der Waals surface area contributed by atoms with Crippen LogP contribution < -0.4 is 14.8 Å². The predicted molar refractivity (Wildman–Crippen MR) is 71.0 cm³/mol. The van der Waals surface area contributed by atoms with Crippen LogP contribution in [0.15, 0.2) is 12.1 Å². The molecule has 0 spiro atoms. The van der Waals surface area contributed by atoms with Gasteiger partial charge in [0.05, 0.1) is 14.2 Å². The molecule has 0 aliphatic rings. The number of terminal acetylenes is 1. The Balaban J connectivity index is 2.63. The van der Waals surface area contributed by atoms with Crippen molar-refractivity contribution in [1.29, 1.82) is 0 Å². The molecular weight excluding hydrogens is 230 g/mol. The molecule has 1 aromatic carbocycles. The molecule has 98 valence electrons. The molecule has 0 bridgehead atoms. The van der Waals surface area contributed by atoms with Gasteiger partial charge in [0.1, 0.15) is 0 Å². The second-order valence-electron chi connectivity index (χ2n) is 3.83. The van der Waals surface area contributed by atoms with E-state index in [0.717, 1.165) is 24.9 Å². The average molecular weight is 249 g/mol. The lowest BCUT2D eigenvalue weighted by Crippen LogP contribution is -2.14. The number of hydrogen-bond acceptors (Lipinski definition) is 4. The largest absolute Gasteiger partial charge is 0.502 e. The van der Waals surface area contributed by atoms with Gasteiger partial charge in [-0.05, 0) is 30.7 Å². The quantitative estimate of drug-likeness (QED) is 0.572. The fraction of sp³-hybridized carbons (Fsp3) is 0.429. The molecular formula is C14H19NO3. The summed E-state index contributed by atoms with van der Waals surface area (Å²) in [5.41, 5.74) is 0.988. The molecule has 0 aliphatic carbocycles. The molecule has 0 atom stereocenters. The molecule has 0 amide bonds. The van der Waals surface area contributed by atoms with Gasteiger partial charge in [-0.25, -0.2) is 0 Å². The van der Waals surface area contributed by atoms with Crippen LogP contribution in [0.5, 0.6) is 17.2 Å². The third-order valence-corrected chi connectivity index (χ3v) is 2.54. The van der Waals surface area contributed by atoms with Crippen LogP contribution in [0.3, 0.4) is 0 Å². The number of phenolic OH excluding ortho intramolecular Hbond substituents is 1. The number of ether oxygens (including phenoxy) is 2. The van der Waals surface area contributed by atoms with E-state index in [1.807, 2.05) is 0 Å². The highest BCUT2D eigenvalue weighted by molar-refractivity contribution is 5.52. The zero-order valence-corrected chi connectivity index (χ0v) is 10.8. The zero-order valence-electron chi connectivity index (χ0n) is 10.8. The number of unbranched alkanes of at least 4 members (excludes halogenated alkanes) is 1. The number of nitrogens with one attached hydrogen (secondary N) is 1. The van der Waals surface area contributed by atoms with Gasteiger partial charge in [-0.3, -0.25) is 0 Å². The van der Waals surface area contributed by atoms with Crippen molar-refractivity contribution in [3.8, 4) is 29.6 Å². The molecule has 0 unspecified atom stereocenters. The van der Waals surface area contributed by atoms with Gasteiger partial charge in [-0.2, -0.15) is 0 Å². The molecule has 2 N–H and O–H groups in total. The Morgan fingerprint density at radius 2 is 1.89 bits per heavy atom. The Morgan fingerprint density at radius 1 is 1.28 bits per heavy atom. The minimum atomic E-state index is 0.0241. The minimum absolute atomic E-state index is 0.0241. The lowest BCUT2D eigenvalue weighted by molar-refractivity contribution is 0.339. The number of aromatic hydroxyl groups is 1. The van der Waals surface area contributed by atoms with Gasteiger partial charge in [0.25, 0.3) is 0 Å². The van der Waals surface area contributed by atoms with E-state index in [2.05, 4.69) is 11.2 Å². The summed E-state index contributed by atoms with van der Waals surface area (Å²) in [7, 11) is 3.03. The molecule has 4 nitrogen and oxygen atoms in total. The summed E-state index contributed by atoms with van der Waals surface area (Å²) in [6, 6.07) is 3.57. The van der Waals surface area contributed by atoms with Crippen LogP contribution >= 0.6 is 0 Å². The Morgan fingerprint density at radius 3 is 2.39 bits per heavy atom. The molecule has 0 heterocycles. The maximum Gasteiger partial charge on any atom is 0.200 e. The number of methoxy groups -OCH3 is 2. The third kappa shape index (κ3) is 3.86. The van der Waals surface area contributed by atoms with Crippen LogP contribution in [-0.4, -0.2) is 25.9 Å². The molecule has 4 heteroatoms. The van der Waals surface area contributed by atoms with Crippen LogP contribution in [-0.2, 0) is 6.54 Å². The SMILES string of the molecule is C#CCCCNCc1cc(OC)c(O)c(OC)c1. The summed E-state index contributed by atoms with van der Waals surface area (Å²) in [5.74, 6) is 3.45. The number of phenols is 1. The molecule has 0 aliphatic heterocycles. The maximum absolute atomic E-state index is 9.76. The molecule has 0 aromatic heterocycles. The van der Waals surface area contributed by atoms with E-state index >= 15 is 0 Å². The van der Waals surface area contributed by atoms with E-state index in [1.54, 1.807) is 12.1 Å². The van der Waals surface area contributed by atoms with Crippen molar-refractivity contribution in [3.05, 3.63) is 17.7 Å². The van der Waals surface area contributed by atoms with Crippen molar-refractivity contribution in [1.82, 2.24) is 5.32 Å². The fourth-order valence-electron chi connectivity index (χ4n) is 1.60. The summed E-state index contributed by atoms with van der Waals surface area (Å²) < 4.78 is 10.2. The minimum Gasteiger partial charge on any atom is -0.502 e. The van der Waals surface area contributed by atoms with Crippen molar-refractivity contribution in [3.63, 3.8) is 0 Å². The molecule has 0 fully saturated rings. The predicted octanol–water partition coefficient (Wildman–Crippen LogP) is 1.91. The molecule has 1 rings (SSSR count).